The van der Waals surface area contributed by atoms with Crippen molar-refractivity contribution in [2.75, 3.05) is 29.6 Å². The highest BCUT2D eigenvalue weighted by Crippen LogP contribution is 2.47. The van der Waals surface area contributed by atoms with Gasteiger partial charge in [0.1, 0.15) is 11.7 Å². The Morgan fingerprint density at radius 3 is 2.61 bits per heavy atom. The Labute approximate surface area is 222 Å². The van der Waals surface area contributed by atoms with Crippen LogP contribution in [0.15, 0.2) is 65.0 Å². The fourth-order valence-electron chi connectivity index (χ4n) is 6.30. The first-order valence-electron chi connectivity index (χ1n) is 12.8. The molecule has 2 fully saturated rings. The summed E-state index contributed by atoms with van der Waals surface area (Å²) in [5.74, 6) is 1.34. The Balaban J connectivity index is 1.40. The third-order valence-electron chi connectivity index (χ3n) is 7.87. The Bertz CT molecular complexity index is 1500. The molecular weight excluding hydrogens is 503 g/mol. The fraction of sp³-hybridized carbons (Fsp3) is 0.357. The van der Waals surface area contributed by atoms with Gasteiger partial charge in [-0.3, -0.25) is 0 Å². The normalized spacial score (nSPS) is 23.9. The molecule has 6 rings (SSSR count). The first kappa shape index (κ1) is 24.7. The zero-order chi connectivity index (χ0) is 26.7. The Morgan fingerprint density at radius 1 is 1.24 bits per heavy atom. The van der Waals surface area contributed by atoms with Gasteiger partial charge in [-0.25, -0.2) is 17.8 Å². The predicted octanol–water partition coefficient (Wildman–Crippen LogP) is 3.33. The van der Waals surface area contributed by atoms with E-state index >= 15 is 0 Å². The molecule has 2 aromatic rings. The van der Waals surface area contributed by atoms with Crippen molar-refractivity contribution in [1.29, 1.82) is 0 Å². The summed E-state index contributed by atoms with van der Waals surface area (Å²) in [4.78, 5) is 2.21. The van der Waals surface area contributed by atoms with E-state index in [0.717, 1.165) is 41.1 Å². The van der Waals surface area contributed by atoms with E-state index in [-0.39, 0.29) is 28.8 Å². The summed E-state index contributed by atoms with van der Waals surface area (Å²) in [5.41, 5.74) is 15.2. The van der Waals surface area contributed by atoms with Gasteiger partial charge in [0.15, 0.2) is 15.7 Å². The van der Waals surface area contributed by atoms with E-state index in [2.05, 4.69) is 34.1 Å². The molecular formula is C28H31FN6O2S. The van der Waals surface area contributed by atoms with Gasteiger partial charge in [-0.1, -0.05) is 24.8 Å². The zero-order valence-corrected chi connectivity index (χ0v) is 22.1. The van der Waals surface area contributed by atoms with Crippen LogP contribution in [-0.4, -0.2) is 49.6 Å². The number of benzene rings is 2. The molecule has 1 unspecified atom stereocenters. The number of fused-ring (bicyclic) bond motifs is 2. The second-order valence-electron chi connectivity index (χ2n) is 10.8. The maximum Gasteiger partial charge on any atom is 0.152 e. The van der Waals surface area contributed by atoms with Crippen LogP contribution in [0.1, 0.15) is 41.6 Å². The molecule has 0 radical (unpaired) electrons. The molecule has 0 aromatic heterocycles. The number of anilines is 1. The molecule has 2 aromatic carbocycles. The largest absolute Gasteiger partial charge is 0.386 e. The van der Waals surface area contributed by atoms with Crippen LogP contribution in [0.3, 0.4) is 0 Å². The van der Waals surface area contributed by atoms with Crippen LogP contribution in [-0.2, 0) is 22.7 Å². The Morgan fingerprint density at radius 2 is 1.97 bits per heavy atom. The number of halogens is 1. The minimum Gasteiger partial charge on any atom is -0.386 e. The molecule has 198 valence electrons. The quantitative estimate of drug-likeness (QED) is 0.347. The van der Waals surface area contributed by atoms with Crippen molar-refractivity contribution in [3.05, 3.63) is 82.8 Å². The number of sulfone groups is 1. The SMILES string of the molecule is C=CN(/N=C(/C)N)c1ccc(/C=C2\CC3(CN4C2=NNCC4c2ccc(F)cc2)CS(=O)(=O)C3)c2c1CC2. The van der Waals surface area contributed by atoms with Crippen molar-refractivity contribution in [2.45, 2.75) is 32.2 Å². The van der Waals surface area contributed by atoms with Crippen molar-refractivity contribution in [1.82, 2.24) is 10.3 Å². The lowest BCUT2D eigenvalue weighted by Crippen LogP contribution is -2.62. The summed E-state index contributed by atoms with van der Waals surface area (Å²) in [5, 5.41) is 10.8. The van der Waals surface area contributed by atoms with Gasteiger partial charge in [-0.2, -0.15) is 10.2 Å². The van der Waals surface area contributed by atoms with Gasteiger partial charge in [-0.15, -0.1) is 0 Å². The standard InChI is InChI=1S/C28H31FN6O2S/c1-3-35(33-18(2)30)25-11-6-20(23-9-10-24(23)25)12-21-13-28(16-38(36,37)17-28)15-34-26(14-31-32-27(21)34)19-4-7-22(29)8-5-19/h3-8,11-12,26,31H,1,9-10,13-17H2,2H3,(H2,30,33)/b21-12+. The number of hydrazone groups is 2. The number of hydrogen-bond acceptors (Lipinski definition) is 7. The maximum atomic E-state index is 13.7. The smallest absolute Gasteiger partial charge is 0.152 e. The number of rotatable bonds is 5. The van der Waals surface area contributed by atoms with Crippen molar-refractivity contribution >= 4 is 33.3 Å². The average Bonchev–Trinajstić information content (AvgIpc) is 2.82. The van der Waals surface area contributed by atoms with E-state index in [1.54, 1.807) is 30.3 Å². The van der Waals surface area contributed by atoms with Gasteiger partial charge < -0.3 is 16.1 Å². The predicted molar refractivity (Wildman–Crippen MR) is 149 cm³/mol. The summed E-state index contributed by atoms with van der Waals surface area (Å²) in [6, 6.07) is 10.6. The molecule has 0 saturated carbocycles. The van der Waals surface area contributed by atoms with Gasteiger partial charge in [0.05, 0.1) is 29.8 Å². The lowest BCUT2D eigenvalue weighted by atomic mass is 9.77. The monoisotopic (exact) mass is 534 g/mol. The Hall–Kier alpha value is -3.66. The summed E-state index contributed by atoms with van der Waals surface area (Å²) < 4.78 is 38.3. The molecule has 1 spiro atoms. The molecule has 0 amide bonds. The molecule has 38 heavy (non-hydrogen) atoms. The maximum absolute atomic E-state index is 13.7. The number of nitrogens with two attached hydrogens (primary N) is 1. The number of piperidine rings is 1. The first-order chi connectivity index (χ1) is 18.2. The highest BCUT2D eigenvalue weighted by atomic mass is 32.2. The van der Waals surface area contributed by atoms with E-state index in [9.17, 15) is 12.8 Å². The van der Waals surface area contributed by atoms with Crippen molar-refractivity contribution in [3.8, 4) is 0 Å². The third kappa shape index (κ3) is 4.26. The molecule has 4 aliphatic rings. The van der Waals surface area contributed by atoms with E-state index in [0.29, 0.717) is 25.3 Å². The average molecular weight is 535 g/mol. The first-order valence-corrected chi connectivity index (χ1v) is 14.6. The van der Waals surface area contributed by atoms with E-state index in [1.807, 2.05) is 6.07 Å². The van der Waals surface area contributed by atoms with E-state index < -0.39 is 9.84 Å². The van der Waals surface area contributed by atoms with Crippen LogP contribution in [0.4, 0.5) is 10.1 Å². The topological polar surface area (TPSA) is 103 Å². The third-order valence-corrected chi connectivity index (χ3v) is 9.97. The minimum atomic E-state index is -3.04. The van der Waals surface area contributed by atoms with Gasteiger partial charge in [0, 0.05) is 18.2 Å². The Kier molecular flexibility index (Phi) is 5.82. The highest BCUT2D eigenvalue weighted by Gasteiger charge is 2.54. The molecule has 3 heterocycles. The molecule has 0 bridgehead atoms. The fourth-order valence-corrected chi connectivity index (χ4v) is 8.47. The molecule has 3 N–H and O–H groups in total. The van der Waals surface area contributed by atoms with E-state index in [4.69, 9.17) is 10.8 Å². The summed E-state index contributed by atoms with van der Waals surface area (Å²) in [6.45, 7) is 6.79. The molecule has 10 heteroatoms. The molecule has 3 aliphatic heterocycles. The van der Waals surface area contributed by atoms with Crippen LogP contribution in [0.25, 0.3) is 6.08 Å². The number of hydrogen-bond donors (Lipinski definition) is 2. The summed E-state index contributed by atoms with van der Waals surface area (Å²) in [6.07, 6.45) is 6.36. The van der Waals surface area contributed by atoms with Crippen LogP contribution in [0.5, 0.6) is 0 Å². The number of amidine groups is 2. The van der Waals surface area contributed by atoms with Crippen LogP contribution >= 0.6 is 0 Å². The van der Waals surface area contributed by atoms with Crippen LogP contribution in [0.2, 0.25) is 0 Å². The zero-order valence-electron chi connectivity index (χ0n) is 21.3. The summed E-state index contributed by atoms with van der Waals surface area (Å²) in [7, 11) is -3.04. The number of nitrogens with zero attached hydrogens (tertiary/aromatic N) is 4. The van der Waals surface area contributed by atoms with Gasteiger partial charge in [0.25, 0.3) is 0 Å². The second kappa shape index (κ2) is 8.97. The highest BCUT2D eigenvalue weighted by molar-refractivity contribution is 7.92. The van der Waals surface area contributed by atoms with Crippen molar-refractivity contribution in [2.24, 2.45) is 21.4 Å². The minimum absolute atomic E-state index is 0.0733. The molecule has 1 aliphatic carbocycles. The van der Waals surface area contributed by atoms with Crippen molar-refractivity contribution in [3.63, 3.8) is 0 Å². The van der Waals surface area contributed by atoms with Gasteiger partial charge in [-0.05, 0) is 78.3 Å². The lowest BCUT2D eigenvalue weighted by molar-refractivity contribution is 0.166. The van der Waals surface area contributed by atoms with Crippen LogP contribution < -0.4 is 16.2 Å². The molecule has 2 saturated heterocycles. The lowest BCUT2D eigenvalue weighted by Gasteiger charge is -2.53. The number of nitrogens with one attached hydrogen (secondary N) is 1. The summed E-state index contributed by atoms with van der Waals surface area (Å²) >= 11 is 0. The molecule has 8 nitrogen and oxygen atoms in total. The molecule has 1 atom stereocenters. The van der Waals surface area contributed by atoms with E-state index in [1.165, 1.54) is 23.3 Å². The van der Waals surface area contributed by atoms with Gasteiger partial charge >= 0.3 is 0 Å². The van der Waals surface area contributed by atoms with Gasteiger partial charge in [0.2, 0.25) is 0 Å². The van der Waals surface area contributed by atoms with Crippen molar-refractivity contribution < 1.29 is 12.8 Å². The van der Waals surface area contributed by atoms with Crippen LogP contribution in [0, 0.1) is 11.2 Å². The second-order valence-corrected chi connectivity index (χ2v) is 12.8.